The van der Waals surface area contributed by atoms with Crippen LogP contribution in [-0.2, 0) is 0 Å². The molecular weight excluding hydrogens is 254 g/mol. The number of nitrogen functional groups attached to an aromatic ring is 1. The molecule has 1 saturated carbocycles. The Morgan fingerprint density at radius 1 is 1.45 bits per heavy atom. The molecule has 1 aromatic heterocycles. The van der Waals surface area contributed by atoms with E-state index in [0.717, 1.165) is 12.8 Å². The zero-order chi connectivity index (χ0) is 14.9. The highest BCUT2D eigenvalue weighted by molar-refractivity contribution is 5.89. The van der Waals surface area contributed by atoms with Crippen molar-refractivity contribution in [2.24, 2.45) is 5.41 Å². The van der Waals surface area contributed by atoms with Crippen LogP contribution in [0.2, 0.25) is 0 Å². The molecule has 20 heavy (non-hydrogen) atoms. The molecule has 0 amide bonds. The highest BCUT2D eigenvalue weighted by atomic mass is 16.4. The van der Waals surface area contributed by atoms with Crippen LogP contribution in [0.4, 0.5) is 11.5 Å². The Morgan fingerprint density at radius 2 is 2.05 bits per heavy atom. The highest BCUT2D eigenvalue weighted by Crippen LogP contribution is 2.38. The van der Waals surface area contributed by atoms with E-state index in [4.69, 9.17) is 10.8 Å². The molecule has 3 N–H and O–H groups in total. The largest absolute Gasteiger partial charge is 0.478 e. The number of nitrogens with two attached hydrogens (primary N) is 1. The molecule has 2 rings (SSSR count). The van der Waals surface area contributed by atoms with E-state index in [9.17, 15) is 4.79 Å². The van der Waals surface area contributed by atoms with Gasteiger partial charge in [-0.05, 0) is 37.2 Å². The van der Waals surface area contributed by atoms with E-state index in [2.05, 4.69) is 23.7 Å². The van der Waals surface area contributed by atoms with Gasteiger partial charge in [-0.1, -0.05) is 13.8 Å². The number of carboxylic acids is 1. The molecule has 0 spiro atoms. The fraction of sp³-hybridized carbons (Fsp3) is 0.600. The summed E-state index contributed by atoms with van der Waals surface area (Å²) in [6.45, 7) is 4.61. The van der Waals surface area contributed by atoms with Crippen molar-refractivity contribution >= 4 is 17.5 Å². The second kappa shape index (κ2) is 5.31. The number of carboxylic acid groups (broad SMARTS) is 1. The van der Waals surface area contributed by atoms with Crippen LogP contribution in [0.25, 0.3) is 0 Å². The van der Waals surface area contributed by atoms with Gasteiger partial charge in [0.15, 0.2) is 5.82 Å². The average Bonchev–Trinajstić information content (AvgIpc) is 2.37. The number of aromatic carboxylic acids is 1. The summed E-state index contributed by atoms with van der Waals surface area (Å²) in [4.78, 5) is 17.2. The van der Waals surface area contributed by atoms with Crippen LogP contribution in [0.3, 0.4) is 0 Å². The monoisotopic (exact) mass is 277 g/mol. The van der Waals surface area contributed by atoms with Crippen molar-refractivity contribution in [2.45, 2.75) is 45.6 Å². The van der Waals surface area contributed by atoms with Gasteiger partial charge >= 0.3 is 5.97 Å². The number of pyridine rings is 1. The molecule has 0 aromatic carbocycles. The molecule has 5 nitrogen and oxygen atoms in total. The molecule has 0 unspecified atom stereocenters. The number of aromatic nitrogens is 1. The summed E-state index contributed by atoms with van der Waals surface area (Å²) in [5, 5.41) is 8.94. The first-order chi connectivity index (χ1) is 9.30. The third-order valence-electron chi connectivity index (χ3n) is 4.33. The number of nitrogens with zero attached hydrogens (tertiary/aromatic N) is 2. The van der Waals surface area contributed by atoms with E-state index in [1.54, 1.807) is 0 Å². The molecule has 1 aliphatic rings. The SMILES string of the molecule is CN(c1ncc(C(=O)O)cc1N)C1CCC(C)(C)CC1. The summed E-state index contributed by atoms with van der Waals surface area (Å²) in [7, 11) is 1.99. The van der Waals surface area contributed by atoms with Crippen molar-refractivity contribution in [2.75, 3.05) is 17.7 Å². The van der Waals surface area contributed by atoms with Crippen molar-refractivity contribution in [3.63, 3.8) is 0 Å². The molecule has 1 fully saturated rings. The molecule has 0 aliphatic heterocycles. The van der Waals surface area contributed by atoms with Gasteiger partial charge in [-0.2, -0.15) is 0 Å². The van der Waals surface area contributed by atoms with Crippen LogP contribution in [0, 0.1) is 5.41 Å². The van der Waals surface area contributed by atoms with Gasteiger partial charge in [-0.15, -0.1) is 0 Å². The molecule has 0 saturated heterocycles. The van der Waals surface area contributed by atoms with E-state index in [1.165, 1.54) is 25.1 Å². The first-order valence-electron chi connectivity index (χ1n) is 7.02. The van der Waals surface area contributed by atoms with Crippen LogP contribution in [0.15, 0.2) is 12.3 Å². The van der Waals surface area contributed by atoms with Gasteiger partial charge in [-0.25, -0.2) is 9.78 Å². The van der Waals surface area contributed by atoms with Gasteiger partial charge in [0.25, 0.3) is 0 Å². The maximum atomic E-state index is 10.9. The third kappa shape index (κ3) is 3.03. The van der Waals surface area contributed by atoms with Gasteiger partial charge in [0, 0.05) is 19.3 Å². The van der Waals surface area contributed by atoms with Crippen LogP contribution in [-0.4, -0.2) is 29.1 Å². The molecule has 110 valence electrons. The van der Waals surface area contributed by atoms with Crippen molar-refractivity contribution in [1.82, 2.24) is 4.98 Å². The topological polar surface area (TPSA) is 79.5 Å². The summed E-state index contributed by atoms with van der Waals surface area (Å²) in [6.07, 6.45) is 5.98. The molecule has 5 heteroatoms. The van der Waals surface area contributed by atoms with Gasteiger partial charge in [-0.3, -0.25) is 0 Å². The van der Waals surface area contributed by atoms with Gasteiger partial charge in [0.2, 0.25) is 0 Å². The minimum Gasteiger partial charge on any atom is -0.478 e. The molecule has 0 radical (unpaired) electrons. The Balaban J connectivity index is 2.13. The average molecular weight is 277 g/mol. The summed E-state index contributed by atoms with van der Waals surface area (Å²) >= 11 is 0. The van der Waals surface area contributed by atoms with Gasteiger partial charge < -0.3 is 15.7 Å². The van der Waals surface area contributed by atoms with Gasteiger partial charge in [0.05, 0.1) is 11.3 Å². The predicted molar refractivity (Wildman–Crippen MR) is 80.0 cm³/mol. The second-order valence-electron chi connectivity index (χ2n) is 6.45. The lowest BCUT2D eigenvalue weighted by Crippen LogP contribution is -2.38. The smallest absolute Gasteiger partial charge is 0.337 e. The third-order valence-corrected chi connectivity index (χ3v) is 4.33. The normalized spacial score (nSPS) is 18.8. The van der Waals surface area contributed by atoms with E-state index in [-0.39, 0.29) is 5.56 Å². The van der Waals surface area contributed by atoms with Crippen LogP contribution >= 0.6 is 0 Å². The quantitative estimate of drug-likeness (QED) is 0.888. The minimum atomic E-state index is -1.00. The summed E-state index contributed by atoms with van der Waals surface area (Å²) in [5.41, 5.74) is 6.93. The molecular formula is C15H23N3O2. The Bertz CT molecular complexity index is 504. The summed E-state index contributed by atoms with van der Waals surface area (Å²) in [6, 6.07) is 1.90. The van der Waals surface area contributed by atoms with E-state index >= 15 is 0 Å². The van der Waals surface area contributed by atoms with Crippen molar-refractivity contribution < 1.29 is 9.90 Å². The Morgan fingerprint density at radius 3 is 2.55 bits per heavy atom. The Hall–Kier alpha value is -1.78. The van der Waals surface area contributed by atoms with Crippen molar-refractivity contribution in [3.05, 3.63) is 17.8 Å². The lowest BCUT2D eigenvalue weighted by Gasteiger charge is -2.39. The maximum absolute atomic E-state index is 10.9. The Labute approximate surface area is 119 Å². The lowest BCUT2D eigenvalue weighted by molar-refractivity contribution is 0.0696. The molecule has 0 atom stereocenters. The standard InChI is InChI=1S/C15H23N3O2/c1-15(2)6-4-11(5-7-15)18(3)13-12(16)8-10(9-17-13)14(19)20/h8-9,11H,4-7,16H2,1-3H3,(H,19,20). The van der Waals surface area contributed by atoms with E-state index < -0.39 is 5.97 Å². The maximum Gasteiger partial charge on any atom is 0.337 e. The summed E-state index contributed by atoms with van der Waals surface area (Å²) in [5.74, 6) is -0.322. The number of anilines is 2. The van der Waals surface area contributed by atoms with Crippen LogP contribution in [0.5, 0.6) is 0 Å². The summed E-state index contributed by atoms with van der Waals surface area (Å²) < 4.78 is 0. The fourth-order valence-corrected chi connectivity index (χ4v) is 2.83. The number of hydrogen-bond acceptors (Lipinski definition) is 4. The zero-order valence-electron chi connectivity index (χ0n) is 12.4. The number of carbonyl (C=O) groups is 1. The molecule has 0 bridgehead atoms. The fourth-order valence-electron chi connectivity index (χ4n) is 2.83. The molecule has 1 heterocycles. The number of rotatable bonds is 3. The molecule has 1 aliphatic carbocycles. The first kappa shape index (κ1) is 14.6. The van der Waals surface area contributed by atoms with Crippen molar-refractivity contribution in [1.29, 1.82) is 0 Å². The lowest BCUT2D eigenvalue weighted by atomic mass is 9.75. The predicted octanol–water partition coefficient (Wildman–Crippen LogP) is 2.77. The first-order valence-corrected chi connectivity index (χ1v) is 7.02. The second-order valence-corrected chi connectivity index (χ2v) is 6.45. The van der Waals surface area contributed by atoms with E-state index in [0.29, 0.717) is 23.0 Å². The zero-order valence-corrected chi connectivity index (χ0v) is 12.4. The van der Waals surface area contributed by atoms with Crippen molar-refractivity contribution in [3.8, 4) is 0 Å². The van der Waals surface area contributed by atoms with E-state index in [1.807, 2.05) is 7.05 Å². The van der Waals surface area contributed by atoms with Crippen LogP contribution in [0.1, 0.15) is 49.9 Å². The molecule has 1 aromatic rings. The number of hydrogen-bond donors (Lipinski definition) is 2. The highest BCUT2D eigenvalue weighted by Gasteiger charge is 2.29. The minimum absolute atomic E-state index is 0.129. The Kier molecular flexibility index (Phi) is 3.88. The van der Waals surface area contributed by atoms with Crippen LogP contribution < -0.4 is 10.6 Å². The van der Waals surface area contributed by atoms with Gasteiger partial charge in [0.1, 0.15) is 0 Å².